The van der Waals surface area contributed by atoms with Gasteiger partial charge in [-0.05, 0) is 36.8 Å². The summed E-state index contributed by atoms with van der Waals surface area (Å²) in [5, 5.41) is 8.27. The van der Waals surface area contributed by atoms with E-state index in [0.717, 1.165) is 24.8 Å². The van der Waals surface area contributed by atoms with Crippen LogP contribution in [0.2, 0.25) is 0 Å². The van der Waals surface area contributed by atoms with Gasteiger partial charge in [-0.25, -0.2) is 5.10 Å². The van der Waals surface area contributed by atoms with E-state index in [-0.39, 0.29) is 17.6 Å². The molecule has 0 bridgehead atoms. The minimum atomic E-state index is 0.0652. The van der Waals surface area contributed by atoms with E-state index >= 15 is 0 Å². The summed E-state index contributed by atoms with van der Waals surface area (Å²) >= 11 is 1.30. The number of para-hydroxylation sites is 1. The third-order valence-electron chi connectivity index (χ3n) is 4.57. The van der Waals surface area contributed by atoms with Crippen LogP contribution in [0.5, 0.6) is 0 Å². The molecule has 0 spiro atoms. The van der Waals surface area contributed by atoms with Gasteiger partial charge in [0, 0.05) is 11.1 Å². The normalized spacial score (nSPS) is 17.1. The summed E-state index contributed by atoms with van der Waals surface area (Å²) in [6.45, 7) is 2.28. The van der Waals surface area contributed by atoms with Crippen LogP contribution in [0.3, 0.4) is 0 Å². The van der Waals surface area contributed by atoms with E-state index in [2.05, 4.69) is 28.2 Å². The second kappa shape index (κ2) is 5.98. The van der Waals surface area contributed by atoms with Crippen molar-refractivity contribution in [2.24, 2.45) is 5.92 Å². The monoisotopic (exact) mass is 341 g/mol. The van der Waals surface area contributed by atoms with Crippen molar-refractivity contribution in [3.8, 4) is 0 Å². The Balaban J connectivity index is 1.69. The molecule has 24 heavy (non-hydrogen) atoms. The predicted octanol–water partition coefficient (Wildman–Crippen LogP) is 2.90. The zero-order chi connectivity index (χ0) is 16.7. The molecule has 0 radical (unpaired) electrons. The molecule has 1 aliphatic rings. The Bertz CT molecular complexity index is 913. The van der Waals surface area contributed by atoms with Crippen molar-refractivity contribution < 1.29 is 4.79 Å². The molecule has 124 valence electrons. The Hall–Kier alpha value is -2.28. The van der Waals surface area contributed by atoms with E-state index < -0.39 is 0 Å². The quantitative estimate of drug-likeness (QED) is 0.715. The van der Waals surface area contributed by atoms with Gasteiger partial charge in [0.25, 0.3) is 0 Å². The molecule has 2 aromatic heterocycles. The number of H-pyrrole nitrogens is 1. The number of benzene rings is 1. The molecule has 0 aliphatic heterocycles. The molecule has 0 saturated carbocycles. The summed E-state index contributed by atoms with van der Waals surface area (Å²) in [5.74, 6) is 1.29. The van der Waals surface area contributed by atoms with Crippen LogP contribution in [0, 0.1) is 5.92 Å². The van der Waals surface area contributed by atoms with Crippen LogP contribution in [-0.4, -0.2) is 31.4 Å². The number of aromatic amines is 1. The van der Waals surface area contributed by atoms with Gasteiger partial charge in [0.2, 0.25) is 17.0 Å². The van der Waals surface area contributed by atoms with E-state index in [1.54, 1.807) is 0 Å². The van der Waals surface area contributed by atoms with E-state index in [9.17, 15) is 4.79 Å². The molecule has 0 saturated heterocycles. The number of thioether (sulfide) groups is 1. The van der Waals surface area contributed by atoms with Crippen molar-refractivity contribution in [3.63, 3.8) is 0 Å². The largest absolute Gasteiger partial charge is 0.368 e. The van der Waals surface area contributed by atoms with Crippen LogP contribution in [0.1, 0.15) is 29.4 Å². The predicted molar refractivity (Wildman–Crippen MR) is 95.3 cm³/mol. The van der Waals surface area contributed by atoms with E-state index in [1.165, 1.54) is 28.4 Å². The fourth-order valence-electron chi connectivity index (χ4n) is 3.48. The average molecular weight is 341 g/mol. The average Bonchev–Trinajstić information content (AvgIpc) is 3.14. The zero-order valence-electron chi connectivity index (χ0n) is 13.5. The van der Waals surface area contributed by atoms with Crippen molar-refractivity contribution >= 4 is 34.5 Å². The standard InChI is InChI=1S/C17H19N5OS/c1-10-6-7-14-12(8-10)11-4-2-3-5-13(11)22(14)15(23)9-24-17-19-16(18)20-21-17/h2-5,10H,6-9H2,1H3,(H3,18,19,20,21)/t10-/m0/s1. The van der Waals surface area contributed by atoms with Gasteiger partial charge in [-0.3, -0.25) is 9.36 Å². The highest BCUT2D eigenvalue weighted by Crippen LogP contribution is 2.34. The summed E-state index contributed by atoms with van der Waals surface area (Å²) < 4.78 is 1.90. The second-order valence-corrected chi connectivity index (χ2v) is 7.25. The minimum absolute atomic E-state index is 0.0652. The van der Waals surface area contributed by atoms with E-state index in [4.69, 9.17) is 5.73 Å². The van der Waals surface area contributed by atoms with Crippen LogP contribution >= 0.6 is 11.8 Å². The lowest BCUT2D eigenvalue weighted by Gasteiger charge is -2.20. The summed E-state index contributed by atoms with van der Waals surface area (Å²) in [5.41, 5.74) is 9.05. The van der Waals surface area contributed by atoms with Gasteiger partial charge in [0.05, 0.1) is 11.3 Å². The number of anilines is 1. The lowest BCUT2D eigenvalue weighted by Crippen LogP contribution is -2.20. The number of nitrogens with zero attached hydrogens (tertiary/aromatic N) is 3. The highest BCUT2D eigenvalue weighted by molar-refractivity contribution is 7.99. The SMILES string of the molecule is C[C@H]1CCc2c(c3ccccc3n2C(=O)CSc2n[nH]c(N)n2)C1. The first-order valence-electron chi connectivity index (χ1n) is 8.08. The number of carbonyl (C=O) groups excluding carboxylic acids is 1. The second-order valence-electron chi connectivity index (χ2n) is 6.31. The number of fused-ring (bicyclic) bond motifs is 3. The molecule has 1 aromatic carbocycles. The first-order chi connectivity index (χ1) is 11.6. The number of hydrogen-bond donors (Lipinski definition) is 2. The highest BCUT2D eigenvalue weighted by atomic mass is 32.2. The Morgan fingerprint density at radius 1 is 1.46 bits per heavy atom. The van der Waals surface area contributed by atoms with E-state index in [0.29, 0.717) is 11.1 Å². The Labute approximate surface area is 143 Å². The summed E-state index contributed by atoms with van der Waals surface area (Å²) in [7, 11) is 0. The smallest absolute Gasteiger partial charge is 0.241 e. The number of aromatic nitrogens is 4. The third kappa shape index (κ3) is 2.58. The zero-order valence-corrected chi connectivity index (χ0v) is 14.3. The molecule has 4 rings (SSSR count). The number of hydrogen-bond acceptors (Lipinski definition) is 5. The van der Waals surface area contributed by atoms with Gasteiger partial charge < -0.3 is 5.73 Å². The maximum absolute atomic E-state index is 12.9. The van der Waals surface area contributed by atoms with Crippen molar-refractivity contribution in [2.75, 3.05) is 11.5 Å². The fourth-order valence-corrected chi connectivity index (χ4v) is 4.14. The van der Waals surface area contributed by atoms with Crippen molar-refractivity contribution in [1.82, 2.24) is 19.7 Å². The Morgan fingerprint density at radius 3 is 3.08 bits per heavy atom. The van der Waals surface area contributed by atoms with Crippen LogP contribution in [0.25, 0.3) is 10.9 Å². The lowest BCUT2D eigenvalue weighted by molar-refractivity contribution is 0.0943. The van der Waals surface area contributed by atoms with Gasteiger partial charge in [-0.15, -0.1) is 5.10 Å². The highest BCUT2D eigenvalue weighted by Gasteiger charge is 2.25. The summed E-state index contributed by atoms with van der Waals surface area (Å²) in [6.07, 6.45) is 3.12. The Kier molecular flexibility index (Phi) is 3.80. The minimum Gasteiger partial charge on any atom is -0.368 e. The van der Waals surface area contributed by atoms with Crippen molar-refractivity contribution in [1.29, 1.82) is 0 Å². The maximum Gasteiger partial charge on any atom is 0.241 e. The van der Waals surface area contributed by atoms with Gasteiger partial charge in [-0.1, -0.05) is 36.9 Å². The number of rotatable bonds is 3. The van der Waals surface area contributed by atoms with E-state index in [1.807, 2.05) is 22.8 Å². The molecule has 7 heteroatoms. The first kappa shape index (κ1) is 15.3. The van der Waals surface area contributed by atoms with Crippen LogP contribution in [-0.2, 0) is 12.8 Å². The number of nitrogens with one attached hydrogen (secondary N) is 1. The topological polar surface area (TPSA) is 89.6 Å². The lowest BCUT2D eigenvalue weighted by atomic mass is 9.88. The number of carbonyl (C=O) groups is 1. The molecule has 2 heterocycles. The molecule has 1 aliphatic carbocycles. The van der Waals surface area contributed by atoms with Crippen LogP contribution in [0.4, 0.5) is 5.95 Å². The third-order valence-corrected chi connectivity index (χ3v) is 5.40. The molecule has 3 aromatic rings. The molecule has 3 N–H and O–H groups in total. The summed E-state index contributed by atoms with van der Waals surface area (Å²) in [6, 6.07) is 8.19. The number of nitrogen functional groups attached to an aromatic ring is 1. The molecular formula is C17H19N5OS. The summed E-state index contributed by atoms with van der Waals surface area (Å²) in [4.78, 5) is 16.9. The van der Waals surface area contributed by atoms with Gasteiger partial charge in [0.15, 0.2) is 0 Å². The molecule has 0 unspecified atom stereocenters. The fraction of sp³-hybridized carbons (Fsp3) is 0.353. The Morgan fingerprint density at radius 2 is 2.29 bits per heavy atom. The van der Waals surface area contributed by atoms with Crippen molar-refractivity contribution in [2.45, 2.75) is 31.3 Å². The first-order valence-corrected chi connectivity index (χ1v) is 9.07. The van der Waals surface area contributed by atoms with Gasteiger partial charge in [-0.2, -0.15) is 4.98 Å². The van der Waals surface area contributed by atoms with Crippen molar-refractivity contribution in [3.05, 3.63) is 35.5 Å². The maximum atomic E-state index is 12.9. The van der Waals surface area contributed by atoms with Crippen LogP contribution < -0.4 is 5.73 Å². The molecular weight excluding hydrogens is 322 g/mol. The van der Waals surface area contributed by atoms with Gasteiger partial charge in [0.1, 0.15) is 0 Å². The molecule has 0 amide bonds. The molecule has 0 fully saturated rings. The number of nitrogens with two attached hydrogens (primary N) is 1. The van der Waals surface area contributed by atoms with Crippen LogP contribution in [0.15, 0.2) is 29.4 Å². The molecule has 6 nitrogen and oxygen atoms in total. The van der Waals surface area contributed by atoms with Gasteiger partial charge >= 0.3 is 0 Å². The molecule has 1 atom stereocenters.